The molecule has 3 aliphatic rings. The van der Waals surface area contributed by atoms with E-state index in [0.29, 0.717) is 22.6 Å². The van der Waals surface area contributed by atoms with Crippen LogP contribution in [-0.2, 0) is 4.74 Å². The van der Waals surface area contributed by atoms with Crippen molar-refractivity contribution in [3.05, 3.63) is 47.8 Å². The van der Waals surface area contributed by atoms with Gasteiger partial charge in [-0.05, 0) is 97.4 Å². The van der Waals surface area contributed by atoms with Crippen molar-refractivity contribution in [2.45, 2.75) is 102 Å². The highest BCUT2D eigenvalue weighted by Gasteiger charge is 2.50. The third-order valence-electron chi connectivity index (χ3n) is 8.66. The van der Waals surface area contributed by atoms with Gasteiger partial charge < -0.3 is 25.8 Å². The molecule has 0 aromatic carbocycles. The monoisotopic (exact) mass is 605 g/mol. The minimum absolute atomic E-state index is 0.251. The van der Waals surface area contributed by atoms with E-state index in [0.717, 1.165) is 44.0 Å². The van der Waals surface area contributed by atoms with Gasteiger partial charge in [0.2, 0.25) is 0 Å². The van der Waals surface area contributed by atoms with E-state index in [4.69, 9.17) is 4.74 Å². The van der Waals surface area contributed by atoms with Gasteiger partial charge in [0.05, 0.1) is 52.1 Å². The van der Waals surface area contributed by atoms with E-state index in [9.17, 15) is 24.3 Å². The summed E-state index contributed by atoms with van der Waals surface area (Å²) in [7, 11) is 0. The number of hydrogen-bond donors (Lipinski definition) is 4. The van der Waals surface area contributed by atoms with E-state index in [1.54, 1.807) is 16.6 Å². The first-order valence-corrected chi connectivity index (χ1v) is 14.9. The van der Waals surface area contributed by atoms with Crippen LogP contribution in [-0.4, -0.2) is 66.7 Å². The van der Waals surface area contributed by atoms with Gasteiger partial charge in [0.25, 0.3) is 5.91 Å². The number of aromatic nitrogens is 3. The Balaban J connectivity index is 1.42. The molecule has 3 aromatic heterocycles. The Kier molecular flexibility index (Phi) is 8.05. The number of alkyl carbamates (subject to hydrolysis) is 1. The number of anilines is 1. The molecule has 11 nitrogen and oxygen atoms in total. The van der Waals surface area contributed by atoms with Crippen LogP contribution in [0, 0.1) is 11.3 Å². The first-order valence-electron chi connectivity index (χ1n) is 14.9. The highest BCUT2D eigenvalue weighted by molar-refractivity contribution is 6.00. The van der Waals surface area contributed by atoms with Crippen molar-refractivity contribution in [2.75, 3.05) is 11.9 Å². The number of alkyl halides is 1. The SMILES string of the molecule is CC(C)(C)OC(=O)NC12CCC(Nc3cc(-c4ccc5cc(C#N)cnn45)ncc3C(=O)NCC(F)C(C)(C)O)(CC1)CC2. The Bertz CT molecular complexity index is 1590. The summed E-state index contributed by atoms with van der Waals surface area (Å²) in [6.07, 6.45) is 5.42. The van der Waals surface area contributed by atoms with Gasteiger partial charge in [-0.1, -0.05) is 0 Å². The van der Waals surface area contributed by atoms with Gasteiger partial charge in [-0.2, -0.15) is 10.4 Å². The number of aliphatic hydroxyl groups is 1. The second-order valence-corrected chi connectivity index (χ2v) is 13.7. The smallest absolute Gasteiger partial charge is 0.408 e. The molecule has 0 radical (unpaired) electrons. The van der Waals surface area contributed by atoms with Crippen molar-refractivity contribution in [3.8, 4) is 17.5 Å². The lowest BCUT2D eigenvalue weighted by atomic mass is 9.61. The van der Waals surface area contributed by atoms with Gasteiger partial charge >= 0.3 is 6.09 Å². The highest BCUT2D eigenvalue weighted by atomic mass is 19.1. The molecule has 3 fully saturated rings. The first kappa shape index (κ1) is 31.2. The summed E-state index contributed by atoms with van der Waals surface area (Å²) in [6, 6.07) is 9.31. The third-order valence-corrected chi connectivity index (χ3v) is 8.66. The number of nitrogens with one attached hydrogen (secondary N) is 3. The Morgan fingerprint density at radius 3 is 2.36 bits per heavy atom. The van der Waals surface area contributed by atoms with E-state index >= 15 is 0 Å². The van der Waals surface area contributed by atoms with E-state index in [1.165, 1.54) is 26.2 Å². The van der Waals surface area contributed by atoms with Crippen molar-refractivity contribution >= 4 is 23.2 Å². The quantitative estimate of drug-likeness (QED) is 0.283. The molecular formula is C32H40FN7O4. The normalized spacial score (nSPS) is 22.2. The third kappa shape index (κ3) is 6.63. The van der Waals surface area contributed by atoms with Crippen LogP contribution in [0.2, 0.25) is 0 Å². The molecule has 0 spiro atoms. The summed E-state index contributed by atoms with van der Waals surface area (Å²) in [5.41, 5.74) is 0.361. The Morgan fingerprint density at radius 2 is 1.75 bits per heavy atom. The standard InChI is InChI=1S/C32H40FN7O4/c1-29(2,3)44-28(42)39-32-11-8-31(9-12-32,10-13-32)38-23-15-24(25-7-6-21-14-20(16-34)17-37-40(21)25)35-18-22(23)27(41)36-19-26(33)30(4,5)43/h6-7,14-15,17-18,26,43H,8-13,19H2,1-5H3,(H,35,38)(H,36,41)(H,39,42). The maximum absolute atomic E-state index is 14.5. The predicted molar refractivity (Wildman–Crippen MR) is 163 cm³/mol. The fourth-order valence-corrected chi connectivity index (χ4v) is 6.03. The van der Waals surface area contributed by atoms with Crippen LogP contribution in [0.4, 0.5) is 14.9 Å². The molecule has 1 atom stereocenters. The van der Waals surface area contributed by atoms with Gasteiger partial charge in [0.15, 0.2) is 0 Å². The number of halogens is 1. The minimum Gasteiger partial charge on any atom is -0.444 e. The van der Waals surface area contributed by atoms with Crippen molar-refractivity contribution in [1.82, 2.24) is 25.2 Å². The van der Waals surface area contributed by atoms with Crippen LogP contribution in [0.25, 0.3) is 16.9 Å². The molecule has 3 aliphatic carbocycles. The predicted octanol–water partition coefficient (Wildman–Crippen LogP) is 4.89. The van der Waals surface area contributed by atoms with E-state index in [2.05, 4.69) is 32.1 Å². The highest BCUT2D eigenvalue weighted by Crippen LogP contribution is 2.49. The maximum atomic E-state index is 14.5. The fraction of sp³-hybridized carbons (Fsp3) is 0.531. The minimum atomic E-state index is -1.66. The second-order valence-electron chi connectivity index (χ2n) is 13.7. The average Bonchev–Trinajstić information content (AvgIpc) is 3.38. The summed E-state index contributed by atoms with van der Waals surface area (Å²) in [5, 5.41) is 33.0. The van der Waals surface area contributed by atoms with Crippen LogP contribution < -0.4 is 16.0 Å². The van der Waals surface area contributed by atoms with E-state index < -0.39 is 29.4 Å². The molecule has 2 bridgehead atoms. The second kappa shape index (κ2) is 11.4. The molecule has 6 rings (SSSR count). The van der Waals surface area contributed by atoms with E-state index in [-0.39, 0.29) is 23.2 Å². The summed E-state index contributed by atoms with van der Waals surface area (Å²) in [4.78, 5) is 30.5. The van der Waals surface area contributed by atoms with Crippen molar-refractivity contribution < 1.29 is 23.8 Å². The molecule has 0 aliphatic heterocycles. The Labute approximate surface area is 256 Å². The van der Waals surface area contributed by atoms with Crippen LogP contribution in [0.1, 0.15) is 89.1 Å². The zero-order valence-electron chi connectivity index (χ0n) is 25.8. The molecule has 0 saturated heterocycles. The molecule has 3 saturated carbocycles. The number of fused-ring (bicyclic) bond motifs is 4. The Morgan fingerprint density at radius 1 is 1.09 bits per heavy atom. The van der Waals surface area contributed by atoms with Crippen LogP contribution in [0.3, 0.4) is 0 Å². The van der Waals surface area contributed by atoms with Gasteiger partial charge in [-0.15, -0.1) is 0 Å². The number of nitriles is 1. The zero-order chi connectivity index (χ0) is 31.9. The fourth-order valence-electron chi connectivity index (χ4n) is 6.03. The largest absolute Gasteiger partial charge is 0.444 e. The molecule has 3 aromatic rings. The van der Waals surface area contributed by atoms with E-state index in [1.807, 2.05) is 32.9 Å². The number of hydrogen-bond acceptors (Lipinski definition) is 8. The number of carbonyl (C=O) groups excluding carboxylic acids is 2. The summed E-state index contributed by atoms with van der Waals surface area (Å²) < 4.78 is 21.7. The van der Waals surface area contributed by atoms with Crippen molar-refractivity contribution in [1.29, 1.82) is 5.26 Å². The van der Waals surface area contributed by atoms with Gasteiger partial charge in [-0.3, -0.25) is 9.78 Å². The molecule has 44 heavy (non-hydrogen) atoms. The van der Waals surface area contributed by atoms with Crippen molar-refractivity contribution in [2.24, 2.45) is 0 Å². The zero-order valence-corrected chi connectivity index (χ0v) is 25.8. The maximum Gasteiger partial charge on any atom is 0.408 e. The van der Waals surface area contributed by atoms with Gasteiger partial charge in [0, 0.05) is 17.3 Å². The van der Waals surface area contributed by atoms with Crippen LogP contribution >= 0.6 is 0 Å². The van der Waals surface area contributed by atoms with Gasteiger partial charge in [0.1, 0.15) is 17.8 Å². The molecule has 12 heteroatoms. The number of rotatable bonds is 8. The summed E-state index contributed by atoms with van der Waals surface area (Å²) in [6.45, 7) is 7.87. The first-order chi connectivity index (χ1) is 20.6. The number of amides is 2. The number of carbonyl (C=O) groups is 2. The lowest BCUT2D eigenvalue weighted by Crippen LogP contribution is -2.61. The lowest BCUT2D eigenvalue weighted by molar-refractivity contribution is -0.00179. The topological polar surface area (TPSA) is 154 Å². The van der Waals surface area contributed by atoms with Crippen molar-refractivity contribution in [3.63, 3.8) is 0 Å². The molecule has 234 valence electrons. The van der Waals surface area contributed by atoms with Gasteiger partial charge in [-0.25, -0.2) is 13.7 Å². The van der Waals surface area contributed by atoms with Crippen LogP contribution in [0.15, 0.2) is 36.7 Å². The number of ether oxygens (including phenoxy) is 1. The summed E-state index contributed by atoms with van der Waals surface area (Å²) in [5.74, 6) is -0.515. The number of nitrogens with zero attached hydrogens (tertiary/aromatic N) is 4. The Hall–Kier alpha value is -4.24. The molecular weight excluding hydrogens is 565 g/mol. The number of pyridine rings is 1. The van der Waals surface area contributed by atoms with Crippen LogP contribution in [0.5, 0.6) is 0 Å². The molecule has 2 amide bonds. The lowest BCUT2D eigenvalue weighted by Gasteiger charge is -2.54. The summed E-state index contributed by atoms with van der Waals surface area (Å²) >= 11 is 0. The molecule has 1 unspecified atom stereocenters. The molecule has 4 N–H and O–H groups in total. The molecule has 3 heterocycles. The average molecular weight is 606 g/mol.